The molecule has 1 aliphatic heterocycles. The highest BCUT2D eigenvalue weighted by Crippen LogP contribution is 2.28. The van der Waals surface area contributed by atoms with Crippen LogP contribution in [0.4, 0.5) is 5.00 Å². The van der Waals surface area contributed by atoms with E-state index in [4.69, 9.17) is 5.26 Å². The number of nitrogens with one attached hydrogen (secondary N) is 1. The number of hydrogen-bond acceptors (Lipinski definition) is 6. The maximum absolute atomic E-state index is 12.8. The number of carbonyl (C=O) groups is 1. The molecule has 0 unspecified atom stereocenters. The Morgan fingerprint density at radius 2 is 1.93 bits per heavy atom. The van der Waals surface area contributed by atoms with Gasteiger partial charge in [0.1, 0.15) is 11.1 Å². The molecular weight excluding hydrogens is 402 g/mol. The van der Waals surface area contributed by atoms with E-state index < -0.39 is 10.0 Å². The van der Waals surface area contributed by atoms with E-state index in [0.29, 0.717) is 36.5 Å². The van der Waals surface area contributed by atoms with Gasteiger partial charge in [-0.2, -0.15) is 9.57 Å². The van der Waals surface area contributed by atoms with E-state index in [0.717, 1.165) is 4.90 Å². The maximum Gasteiger partial charge on any atom is 0.243 e. The normalized spacial score (nSPS) is 16.0. The first-order valence-electron chi connectivity index (χ1n) is 8.38. The Kier molecular flexibility index (Phi) is 6.22. The molecule has 1 aromatic heterocycles. The third kappa shape index (κ3) is 4.35. The molecule has 0 radical (unpaired) electrons. The largest absolute Gasteiger partial charge is 0.316 e. The van der Waals surface area contributed by atoms with Crippen molar-refractivity contribution in [1.82, 2.24) is 4.31 Å². The Balaban J connectivity index is 1.62. The summed E-state index contributed by atoms with van der Waals surface area (Å²) in [7, 11) is -3.55. The minimum Gasteiger partial charge on any atom is -0.316 e. The SMILES string of the molecule is CSc1ccc(S(=O)(=O)N2CCC(C(=O)Nc3sccc3C#N)CC2)cc1. The van der Waals surface area contributed by atoms with Gasteiger partial charge in [0.25, 0.3) is 0 Å². The number of hydrogen-bond donors (Lipinski definition) is 1. The van der Waals surface area contributed by atoms with E-state index in [-0.39, 0.29) is 16.7 Å². The van der Waals surface area contributed by atoms with E-state index in [9.17, 15) is 13.2 Å². The first-order valence-corrected chi connectivity index (χ1v) is 11.9. The van der Waals surface area contributed by atoms with Gasteiger partial charge < -0.3 is 5.32 Å². The standard InChI is InChI=1S/C18H19N3O3S3/c1-25-15-2-4-16(5-3-15)27(23,24)21-9-6-13(7-10-21)17(22)20-18-14(12-19)8-11-26-18/h2-5,8,11,13H,6-7,9-10H2,1H3,(H,20,22). The summed E-state index contributed by atoms with van der Waals surface area (Å²) in [5.41, 5.74) is 0.446. The summed E-state index contributed by atoms with van der Waals surface area (Å²) < 4.78 is 27.0. The van der Waals surface area contributed by atoms with Gasteiger partial charge in [-0.1, -0.05) is 0 Å². The summed E-state index contributed by atoms with van der Waals surface area (Å²) in [6, 6.07) is 10.6. The lowest BCUT2D eigenvalue weighted by atomic mass is 9.97. The zero-order valence-corrected chi connectivity index (χ0v) is 17.2. The maximum atomic E-state index is 12.8. The van der Waals surface area contributed by atoms with Gasteiger partial charge in [0.2, 0.25) is 15.9 Å². The Morgan fingerprint density at radius 3 is 2.52 bits per heavy atom. The van der Waals surface area contributed by atoms with Gasteiger partial charge in [0, 0.05) is 23.9 Å². The Bertz CT molecular complexity index is 954. The number of anilines is 1. The van der Waals surface area contributed by atoms with Crippen molar-refractivity contribution in [3.63, 3.8) is 0 Å². The summed E-state index contributed by atoms with van der Waals surface area (Å²) >= 11 is 2.87. The van der Waals surface area contributed by atoms with Gasteiger partial charge in [-0.25, -0.2) is 8.42 Å². The molecule has 1 N–H and O–H groups in total. The van der Waals surface area contributed by atoms with Crippen LogP contribution in [0.3, 0.4) is 0 Å². The summed E-state index contributed by atoms with van der Waals surface area (Å²) in [6.07, 6.45) is 2.86. The molecule has 1 saturated heterocycles. The van der Waals surface area contributed by atoms with Crippen LogP contribution < -0.4 is 5.32 Å². The molecule has 0 bridgehead atoms. The number of sulfonamides is 1. The van der Waals surface area contributed by atoms with E-state index >= 15 is 0 Å². The monoisotopic (exact) mass is 421 g/mol. The Morgan fingerprint density at radius 1 is 1.26 bits per heavy atom. The van der Waals surface area contributed by atoms with Crippen LogP contribution in [0.5, 0.6) is 0 Å². The lowest BCUT2D eigenvalue weighted by Gasteiger charge is -2.30. The van der Waals surface area contributed by atoms with Gasteiger partial charge in [0.15, 0.2) is 0 Å². The molecule has 1 amide bonds. The molecule has 1 aliphatic rings. The van der Waals surface area contributed by atoms with Crippen LogP contribution in [-0.4, -0.2) is 38.0 Å². The molecule has 0 spiro atoms. The highest BCUT2D eigenvalue weighted by atomic mass is 32.2. The number of nitrogens with zero attached hydrogens (tertiary/aromatic N) is 2. The second kappa shape index (κ2) is 8.44. The zero-order chi connectivity index (χ0) is 19.4. The minimum atomic E-state index is -3.55. The topological polar surface area (TPSA) is 90.3 Å². The molecule has 1 fully saturated rings. The van der Waals surface area contributed by atoms with Crippen LogP contribution in [0.25, 0.3) is 0 Å². The van der Waals surface area contributed by atoms with E-state index in [1.54, 1.807) is 47.5 Å². The molecule has 6 nitrogen and oxygen atoms in total. The predicted octanol–water partition coefficient (Wildman–Crippen LogP) is 3.38. The number of thioether (sulfide) groups is 1. The fraction of sp³-hybridized carbons (Fsp3) is 0.333. The van der Waals surface area contributed by atoms with Gasteiger partial charge in [0.05, 0.1) is 10.5 Å². The van der Waals surface area contributed by atoms with E-state index in [1.807, 2.05) is 12.3 Å². The molecule has 9 heteroatoms. The summed E-state index contributed by atoms with van der Waals surface area (Å²) in [4.78, 5) is 13.7. The lowest BCUT2D eigenvalue weighted by molar-refractivity contribution is -0.120. The number of benzene rings is 1. The van der Waals surface area contributed by atoms with Crippen molar-refractivity contribution in [3.8, 4) is 6.07 Å². The molecule has 0 aliphatic carbocycles. The van der Waals surface area contributed by atoms with Crippen LogP contribution in [0.1, 0.15) is 18.4 Å². The van der Waals surface area contributed by atoms with Gasteiger partial charge in [-0.3, -0.25) is 4.79 Å². The molecule has 0 saturated carbocycles. The van der Waals surface area contributed by atoms with Crippen LogP contribution in [-0.2, 0) is 14.8 Å². The molecule has 3 rings (SSSR count). The minimum absolute atomic E-state index is 0.157. The van der Waals surface area contributed by atoms with Crippen molar-refractivity contribution < 1.29 is 13.2 Å². The van der Waals surface area contributed by atoms with Crippen molar-refractivity contribution in [2.24, 2.45) is 5.92 Å². The molecule has 1 aromatic carbocycles. The molecule has 2 heterocycles. The van der Waals surface area contributed by atoms with Crippen molar-refractivity contribution in [2.45, 2.75) is 22.6 Å². The van der Waals surface area contributed by atoms with Gasteiger partial charge in [-0.15, -0.1) is 23.1 Å². The van der Waals surface area contributed by atoms with E-state index in [2.05, 4.69) is 5.32 Å². The summed E-state index contributed by atoms with van der Waals surface area (Å²) in [5, 5.41) is 14.1. The van der Waals surface area contributed by atoms with Gasteiger partial charge >= 0.3 is 0 Å². The number of amides is 1. The molecule has 142 valence electrons. The number of rotatable bonds is 5. The van der Waals surface area contributed by atoms with Crippen LogP contribution in [0.2, 0.25) is 0 Å². The van der Waals surface area contributed by atoms with Gasteiger partial charge in [-0.05, 0) is 54.8 Å². The molecular formula is C18H19N3O3S3. The number of thiophene rings is 1. The second-order valence-corrected chi connectivity index (χ2v) is 9.85. The molecule has 2 aromatic rings. The average molecular weight is 422 g/mol. The number of carbonyl (C=O) groups excluding carboxylic acids is 1. The fourth-order valence-electron chi connectivity index (χ4n) is 2.96. The zero-order valence-electron chi connectivity index (χ0n) is 14.7. The predicted molar refractivity (Wildman–Crippen MR) is 107 cm³/mol. The van der Waals surface area contributed by atoms with Crippen molar-refractivity contribution >= 4 is 44.0 Å². The molecule has 27 heavy (non-hydrogen) atoms. The number of nitriles is 1. The second-order valence-electron chi connectivity index (χ2n) is 6.12. The summed E-state index contributed by atoms with van der Waals surface area (Å²) in [5.74, 6) is -0.417. The van der Waals surface area contributed by atoms with Crippen LogP contribution in [0, 0.1) is 17.2 Å². The third-order valence-corrected chi connectivity index (χ3v) is 8.03. The highest BCUT2D eigenvalue weighted by molar-refractivity contribution is 7.98. The van der Waals surface area contributed by atoms with Crippen molar-refractivity contribution in [2.75, 3.05) is 24.7 Å². The first-order chi connectivity index (χ1) is 13.0. The first kappa shape index (κ1) is 19.9. The highest BCUT2D eigenvalue weighted by Gasteiger charge is 2.32. The average Bonchev–Trinajstić information content (AvgIpc) is 3.15. The molecule has 0 atom stereocenters. The lowest BCUT2D eigenvalue weighted by Crippen LogP contribution is -2.41. The Hall–Kier alpha value is -1.86. The van der Waals surface area contributed by atoms with Crippen LogP contribution >= 0.6 is 23.1 Å². The quantitative estimate of drug-likeness (QED) is 0.748. The smallest absolute Gasteiger partial charge is 0.243 e. The van der Waals surface area contributed by atoms with Crippen LogP contribution in [0.15, 0.2) is 45.5 Å². The fourth-order valence-corrected chi connectivity index (χ4v) is 5.58. The Labute approximate surface area is 167 Å². The third-order valence-electron chi connectivity index (χ3n) is 4.54. The van der Waals surface area contributed by atoms with E-state index in [1.165, 1.54) is 15.6 Å². The summed E-state index contributed by atoms with van der Waals surface area (Å²) in [6.45, 7) is 0.612. The van der Waals surface area contributed by atoms with Crippen molar-refractivity contribution in [1.29, 1.82) is 5.26 Å². The van der Waals surface area contributed by atoms with Crippen molar-refractivity contribution in [3.05, 3.63) is 41.3 Å². The number of piperidine rings is 1.